The number of fused-ring (bicyclic) bond motifs is 1. The van der Waals surface area contributed by atoms with E-state index in [0.29, 0.717) is 30.5 Å². The van der Waals surface area contributed by atoms with Gasteiger partial charge in [-0.2, -0.15) is 0 Å². The lowest BCUT2D eigenvalue weighted by molar-refractivity contribution is -0.119. The minimum atomic E-state index is -0.177. The van der Waals surface area contributed by atoms with Crippen molar-refractivity contribution >= 4 is 17.4 Å². The molecule has 2 aromatic rings. The zero-order valence-corrected chi connectivity index (χ0v) is 21.5. The van der Waals surface area contributed by atoms with E-state index in [1.165, 1.54) is 36.0 Å². The Labute approximate surface area is 204 Å². The van der Waals surface area contributed by atoms with E-state index in [1.54, 1.807) is 12.1 Å². The molecule has 1 saturated carbocycles. The summed E-state index contributed by atoms with van der Waals surface area (Å²) in [6.07, 6.45) is 5.87. The van der Waals surface area contributed by atoms with Gasteiger partial charge in [0, 0.05) is 12.8 Å². The van der Waals surface area contributed by atoms with Gasteiger partial charge in [-0.15, -0.1) is 11.6 Å². The summed E-state index contributed by atoms with van der Waals surface area (Å²) in [6, 6.07) is 9.64. The van der Waals surface area contributed by atoms with Crippen LogP contribution in [0, 0.1) is 37.4 Å². The van der Waals surface area contributed by atoms with E-state index in [9.17, 15) is 9.18 Å². The summed E-state index contributed by atoms with van der Waals surface area (Å²) < 4.78 is 14.0. The molecular weight excluding hydrogens is 431 g/mol. The fraction of sp³-hybridized carbons (Fsp3) is 0.567. The number of rotatable bonds is 7. The highest BCUT2D eigenvalue weighted by Crippen LogP contribution is 2.51. The van der Waals surface area contributed by atoms with Crippen molar-refractivity contribution in [3.05, 3.63) is 69.5 Å². The summed E-state index contributed by atoms with van der Waals surface area (Å²) in [5, 5.41) is -0.0592. The zero-order valence-electron chi connectivity index (χ0n) is 20.8. The van der Waals surface area contributed by atoms with E-state index in [1.807, 2.05) is 6.92 Å². The molecule has 0 aromatic heterocycles. The molecule has 0 heterocycles. The van der Waals surface area contributed by atoms with Gasteiger partial charge in [-0.3, -0.25) is 4.79 Å². The number of ketones is 1. The molecule has 0 amide bonds. The molecular formula is C30H38ClFO. The zero-order chi connectivity index (χ0) is 23.9. The number of hydrogen-bond donors (Lipinski definition) is 0. The van der Waals surface area contributed by atoms with Crippen LogP contribution in [0.15, 0.2) is 30.3 Å². The van der Waals surface area contributed by atoms with Gasteiger partial charge in [-0.1, -0.05) is 45.4 Å². The summed E-state index contributed by atoms with van der Waals surface area (Å²) >= 11 is 6.87. The molecule has 178 valence electrons. The Morgan fingerprint density at radius 1 is 1.12 bits per heavy atom. The lowest BCUT2D eigenvalue weighted by Crippen LogP contribution is -2.16. The van der Waals surface area contributed by atoms with Crippen LogP contribution < -0.4 is 0 Å². The van der Waals surface area contributed by atoms with Crippen LogP contribution in [0.25, 0.3) is 0 Å². The maximum Gasteiger partial charge on any atom is 0.137 e. The maximum atomic E-state index is 14.0. The highest BCUT2D eigenvalue weighted by atomic mass is 35.5. The molecule has 2 aromatic carbocycles. The largest absolute Gasteiger partial charge is 0.299 e. The van der Waals surface area contributed by atoms with Gasteiger partial charge in [-0.25, -0.2) is 4.39 Å². The van der Waals surface area contributed by atoms with Crippen LogP contribution in [-0.4, -0.2) is 5.78 Å². The molecule has 1 nitrogen and oxygen atoms in total. The third-order valence-electron chi connectivity index (χ3n) is 8.51. The summed E-state index contributed by atoms with van der Waals surface area (Å²) in [7, 11) is 0. The van der Waals surface area contributed by atoms with Gasteiger partial charge in [0.1, 0.15) is 11.6 Å². The van der Waals surface area contributed by atoms with Crippen molar-refractivity contribution in [1.29, 1.82) is 0 Å². The summed E-state index contributed by atoms with van der Waals surface area (Å²) in [6.45, 7) is 10.8. The summed E-state index contributed by atoms with van der Waals surface area (Å²) in [4.78, 5) is 12.9. The number of carbonyl (C=O) groups is 1. The van der Waals surface area contributed by atoms with Crippen molar-refractivity contribution in [2.75, 3.05) is 0 Å². The van der Waals surface area contributed by atoms with Crippen molar-refractivity contribution in [2.45, 2.75) is 90.4 Å². The van der Waals surface area contributed by atoms with Gasteiger partial charge in [0.25, 0.3) is 0 Å². The van der Waals surface area contributed by atoms with Crippen molar-refractivity contribution in [3.8, 4) is 0 Å². The predicted molar refractivity (Wildman–Crippen MR) is 136 cm³/mol. The van der Waals surface area contributed by atoms with Crippen LogP contribution in [0.1, 0.15) is 103 Å². The third-order valence-corrected chi connectivity index (χ3v) is 8.90. The molecule has 6 atom stereocenters. The van der Waals surface area contributed by atoms with E-state index in [0.717, 1.165) is 29.0 Å². The first-order valence-corrected chi connectivity index (χ1v) is 13.1. The average molecular weight is 469 g/mol. The van der Waals surface area contributed by atoms with Gasteiger partial charge >= 0.3 is 0 Å². The lowest BCUT2D eigenvalue weighted by atomic mass is 9.82. The number of carbonyl (C=O) groups excluding carboxylic acids is 1. The molecule has 2 aliphatic rings. The quantitative estimate of drug-likeness (QED) is 0.372. The number of hydrogen-bond acceptors (Lipinski definition) is 1. The van der Waals surface area contributed by atoms with Crippen molar-refractivity contribution in [2.24, 2.45) is 17.8 Å². The van der Waals surface area contributed by atoms with Gasteiger partial charge in [0.15, 0.2) is 0 Å². The number of alkyl halides is 1. The minimum Gasteiger partial charge on any atom is -0.299 e. The Bertz CT molecular complexity index is 1010. The highest BCUT2D eigenvalue weighted by Gasteiger charge is 2.36. The number of aryl methyl sites for hydroxylation is 1. The van der Waals surface area contributed by atoms with Gasteiger partial charge in [-0.05, 0) is 108 Å². The Balaban J connectivity index is 1.50. The molecule has 0 saturated heterocycles. The number of halogens is 2. The second kappa shape index (κ2) is 9.90. The van der Waals surface area contributed by atoms with Crippen molar-refractivity contribution in [1.82, 2.24) is 0 Å². The molecule has 4 rings (SSSR count). The number of Topliss-reactive ketones (excluding diaryl/α,β-unsaturated/α-hetero) is 1. The SMILES string of the molecule is Cc1cc(F)cc(C(C)C2CC(Cl)c3c2ccc(CC(=O)CC(C)C2CCC(C)C2)c3C)c1. The lowest BCUT2D eigenvalue weighted by Gasteiger charge is -2.22. The second-order valence-corrected chi connectivity index (χ2v) is 11.6. The van der Waals surface area contributed by atoms with Crippen LogP contribution in [0.2, 0.25) is 0 Å². The van der Waals surface area contributed by atoms with E-state index >= 15 is 0 Å². The molecule has 0 spiro atoms. The first-order valence-electron chi connectivity index (χ1n) is 12.7. The van der Waals surface area contributed by atoms with Crippen molar-refractivity contribution < 1.29 is 9.18 Å². The van der Waals surface area contributed by atoms with E-state index < -0.39 is 0 Å². The Morgan fingerprint density at radius 2 is 1.88 bits per heavy atom. The minimum absolute atomic E-state index is 0.0592. The van der Waals surface area contributed by atoms with Crippen LogP contribution >= 0.6 is 11.6 Å². The normalized spacial score (nSPS) is 26.3. The Hall–Kier alpha value is -1.67. The van der Waals surface area contributed by atoms with Crippen LogP contribution in [-0.2, 0) is 11.2 Å². The number of benzene rings is 2. The van der Waals surface area contributed by atoms with Crippen LogP contribution in [0.4, 0.5) is 4.39 Å². The fourth-order valence-corrected chi connectivity index (χ4v) is 6.99. The van der Waals surface area contributed by atoms with Gasteiger partial charge in [0.05, 0.1) is 5.38 Å². The predicted octanol–water partition coefficient (Wildman–Crippen LogP) is 8.59. The molecule has 1 fully saturated rings. The molecule has 2 aliphatic carbocycles. The van der Waals surface area contributed by atoms with Gasteiger partial charge < -0.3 is 0 Å². The standard InChI is InChI=1S/C30H38ClFO/c1-17-6-7-22(10-17)19(3)13-26(33)15-23-8-9-27-28(16-29(31)30(27)21(23)5)20(4)24-11-18(2)12-25(32)14-24/h8-9,11-12,14,17,19-20,22,28-29H,6-7,10,13,15-16H2,1-5H3. The molecule has 33 heavy (non-hydrogen) atoms. The first kappa shape index (κ1) is 24.5. The molecule has 0 radical (unpaired) electrons. The highest BCUT2D eigenvalue weighted by molar-refractivity contribution is 6.21. The summed E-state index contributed by atoms with van der Waals surface area (Å²) in [5.41, 5.74) is 6.74. The van der Waals surface area contributed by atoms with E-state index in [-0.39, 0.29) is 23.0 Å². The van der Waals surface area contributed by atoms with Crippen molar-refractivity contribution in [3.63, 3.8) is 0 Å². The van der Waals surface area contributed by atoms with Gasteiger partial charge in [0.2, 0.25) is 0 Å². The second-order valence-electron chi connectivity index (χ2n) is 11.1. The van der Waals surface area contributed by atoms with Crippen LogP contribution in [0.3, 0.4) is 0 Å². The molecule has 3 heteroatoms. The molecule has 6 unspecified atom stereocenters. The average Bonchev–Trinajstić information content (AvgIpc) is 3.32. The Kier molecular flexibility index (Phi) is 7.34. The van der Waals surface area contributed by atoms with E-state index in [2.05, 4.69) is 45.9 Å². The fourth-order valence-electron chi connectivity index (χ4n) is 6.50. The molecule has 0 bridgehead atoms. The van der Waals surface area contributed by atoms with Crippen LogP contribution in [0.5, 0.6) is 0 Å². The monoisotopic (exact) mass is 468 g/mol. The Morgan fingerprint density at radius 3 is 2.55 bits per heavy atom. The van der Waals surface area contributed by atoms with E-state index in [4.69, 9.17) is 11.6 Å². The smallest absolute Gasteiger partial charge is 0.137 e. The molecule has 0 N–H and O–H groups in total. The summed E-state index contributed by atoms with van der Waals surface area (Å²) in [5.74, 6) is 2.58. The first-order chi connectivity index (χ1) is 15.6. The third kappa shape index (κ3) is 5.21. The molecule has 0 aliphatic heterocycles. The topological polar surface area (TPSA) is 17.1 Å². The maximum absolute atomic E-state index is 14.0.